The molecule has 1 aromatic carbocycles. The Kier molecular flexibility index (Phi) is 3.90. The zero-order chi connectivity index (χ0) is 14.0. The molecule has 1 saturated heterocycles. The summed E-state index contributed by atoms with van der Waals surface area (Å²) < 4.78 is 4.94. The van der Waals surface area contributed by atoms with Crippen LogP contribution in [-0.2, 0) is 9.53 Å². The van der Waals surface area contributed by atoms with E-state index in [1.807, 2.05) is 6.92 Å². The third-order valence-electron chi connectivity index (χ3n) is 2.75. The molecule has 0 unspecified atom stereocenters. The van der Waals surface area contributed by atoms with E-state index >= 15 is 0 Å². The number of esters is 1. The molecule has 0 aromatic heterocycles. The minimum absolute atomic E-state index is 0.140. The molecule has 0 aliphatic carbocycles. The first kappa shape index (κ1) is 13.6. The summed E-state index contributed by atoms with van der Waals surface area (Å²) in [6, 6.07) is 5.02. The van der Waals surface area contributed by atoms with Crippen LogP contribution in [0.1, 0.15) is 22.8 Å². The Morgan fingerprint density at radius 1 is 1.53 bits per heavy atom. The van der Waals surface area contributed by atoms with Crippen LogP contribution in [0.5, 0.6) is 0 Å². The highest BCUT2D eigenvalue weighted by Gasteiger charge is 2.29. The van der Waals surface area contributed by atoms with Crippen molar-refractivity contribution in [2.45, 2.75) is 13.8 Å². The maximum absolute atomic E-state index is 11.8. The smallest absolute Gasteiger partial charge is 0.338 e. The lowest BCUT2D eigenvalue weighted by molar-refractivity contribution is -0.115. The normalized spacial score (nSPS) is 14.9. The third kappa shape index (κ3) is 2.63. The molecular formula is C13H14N2O3S. The Bertz CT molecular complexity index is 541. The summed E-state index contributed by atoms with van der Waals surface area (Å²) in [5.41, 5.74) is 1.80. The van der Waals surface area contributed by atoms with Gasteiger partial charge in [0.05, 0.1) is 23.6 Å². The summed E-state index contributed by atoms with van der Waals surface area (Å²) in [5.74, 6) is -0.296. The van der Waals surface area contributed by atoms with Crippen LogP contribution in [0.15, 0.2) is 18.2 Å². The van der Waals surface area contributed by atoms with Gasteiger partial charge in [-0.15, -0.1) is 0 Å². The fourth-order valence-corrected chi connectivity index (χ4v) is 2.53. The number of ether oxygens (including phenoxy) is 1. The zero-order valence-corrected chi connectivity index (χ0v) is 11.5. The van der Waals surface area contributed by atoms with E-state index < -0.39 is 5.97 Å². The molecule has 6 heteroatoms. The first-order valence-corrected chi connectivity index (χ1v) is 6.85. The molecule has 1 aliphatic rings. The molecule has 1 N–H and O–H groups in total. The first-order valence-electron chi connectivity index (χ1n) is 5.86. The summed E-state index contributed by atoms with van der Waals surface area (Å²) in [6.45, 7) is 3.88. The molecule has 2 rings (SSSR count). The first-order chi connectivity index (χ1) is 9.04. The van der Waals surface area contributed by atoms with Crippen LogP contribution in [0.2, 0.25) is 0 Å². The largest absolute Gasteiger partial charge is 0.462 e. The quantitative estimate of drug-likeness (QED) is 0.860. The van der Waals surface area contributed by atoms with Crippen molar-refractivity contribution < 1.29 is 14.3 Å². The number of carbonyl (C=O) groups is 2. The number of carbonyl (C=O) groups excluding carboxylic acids is 2. The van der Waals surface area contributed by atoms with Crippen molar-refractivity contribution in [3.05, 3.63) is 29.3 Å². The Balaban J connectivity index is 2.40. The van der Waals surface area contributed by atoms with Crippen LogP contribution in [-0.4, -0.2) is 29.4 Å². The molecule has 1 fully saturated rings. The highest BCUT2D eigenvalue weighted by molar-refractivity contribution is 8.15. The van der Waals surface area contributed by atoms with Gasteiger partial charge in [-0.3, -0.25) is 15.1 Å². The Hall–Kier alpha value is -1.82. The summed E-state index contributed by atoms with van der Waals surface area (Å²) in [5, 5.41) is 7.97. The molecule has 0 saturated carbocycles. The van der Waals surface area contributed by atoms with Crippen LogP contribution in [0.3, 0.4) is 0 Å². The van der Waals surface area contributed by atoms with Crippen LogP contribution in [0.4, 0.5) is 5.69 Å². The molecule has 1 heterocycles. The molecule has 1 aliphatic heterocycles. The van der Waals surface area contributed by atoms with E-state index in [1.54, 1.807) is 25.1 Å². The van der Waals surface area contributed by atoms with Gasteiger partial charge < -0.3 is 4.74 Å². The molecular weight excluding hydrogens is 264 g/mol. The van der Waals surface area contributed by atoms with Crippen LogP contribution in [0, 0.1) is 12.3 Å². The summed E-state index contributed by atoms with van der Waals surface area (Å²) in [4.78, 5) is 24.8. The molecule has 0 atom stereocenters. The number of amides is 1. The second-order valence-corrected chi connectivity index (χ2v) is 5.01. The number of nitrogens with one attached hydrogen (secondary N) is 1. The number of hydrogen-bond acceptors (Lipinski definition) is 5. The van der Waals surface area contributed by atoms with Crippen molar-refractivity contribution >= 4 is 34.5 Å². The number of nitrogens with zero attached hydrogens (tertiary/aromatic N) is 1. The molecule has 1 amide bonds. The number of anilines is 1. The second kappa shape index (κ2) is 5.44. The van der Waals surface area contributed by atoms with Crippen molar-refractivity contribution in [3.8, 4) is 0 Å². The van der Waals surface area contributed by atoms with Gasteiger partial charge >= 0.3 is 5.97 Å². The van der Waals surface area contributed by atoms with Gasteiger partial charge in [-0.05, 0) is 31.5 Å². The molecule has 19 heavy (non-hydrogen) atoms. The van der Waals surface area contributed by atoms with Gasteiger partial charge in [-0.1, -0.05) is 17.8 Å². The maximum atomic E-state index is 11.8. The Morgan fingerprint density at radius 3 is 2.84 bits per heavy atom. The van der Waals surface area contributed by atoms with E-state index in [-0.39, 0.29) is 16.8 Å². The van der Waals surface area contributed by atoms with Gasteiger partial charge in [0, 0.05) is 0 Å². The Morgan fingerprint density at radius 2 is 2.26 bits per heavy atom. The van der Waals surface area contributed by atoms with Gasteiger partial charge in [0.1, 0.15) is 0 Å². The number of benzene rings is 1. The minimum Gasteiger partial charge on any atom is -0.462 e. The average molecular weight is 278 g/mol. The molecule has 5 nitrogen and oxygen atoms in total. The standard InChI is InChI=1S/C13H14N2O3S/c1-3-18-12(17)9-5-4-8(2)10(6-9)15-11(16)7-19-13(15)14/h4-6,14H,3,7H2,1-2H3. The van der Waals surface area contributed by atoms with Crippen molar-refractivity contribution in [2.24, 2.45) is 0 Å². The Labute approximate surface area is 115 Å². The minimum atomic E-state index is -0.422. The van der Waals surface area contributed by atoms with E-state index in [2.05, 4.69) is 0 Å². The van der Waals surface area contributed by atoms with Crippen molar-refractivity contribution in [1.29, 1.82) is 5.41 Å². The van der Waals surface area contributed by atoms with Crippen LogP contribution < -0.4 is 4.90 Å². The molecule has 0 radical (unpaired) electrons. The highest BCUT2D eigenvalue weighted by atomic mass is 32.2. The van der Waals surface area contributed by atoms with E-state index in [0.717, 1.165) is 5.56 Å². The van der Waals surface area contributed by atoms with Gasteiger partial charge in [-0.25, -0.2) is 4.79 Å². The van der Waals surface area contributed by atoms with E-state index in [1.165, 1.54) is 16.7 Å². The molecule has 1 aromatic rings. The lowest BCUT2D eigenvalue weighted by Gasteiger charge is -2.18. The fourth-order valence-electron chi connectivity index (χ4n) is 1.81. The average Bonchev–Trinajstić information content (AvgIpc) is 2.70. The van der Waals surface area contributed by atoms with Crippen molar-refractivity contribution in [2.75, 3.05) is 17.3 Å². The number of thioether (sulfide) groups is 1. The van der Waals surface area contributed by atoms with Gasteiger partial charge in [0.25, 0.3) is 0 Å². The molecule has 100 valence electrons. The second-order valence-electron chi connectivity index (χ2n) is 4.04. The van der Waals surface area contributed by atoms with E-state index in [4.69, 9.17) is 10.1 Å². The van der Waals surface area contributed by atoms with Crippen molar-refractivity contribution in [1.82, 2.24) is 0 Å². The summed E-state index contributed by atoms with van der Waals surface area (Å²) in [6.07, 6.45) is 0. The maximum Gasteiger partial charge on any atom is 0.338 e. The van der Waals surface area contributed by atoms with Crippen molar-refractivity contribution in [3.63, 3.8) is 0 Å². The van der Waals surface area contributed by atoms with Gasteiger partial charge in [-0.2, -0.15) is 0 Å². The van der Waals surface area contributed by atoms with Gasteiger partial charge in [0.15, 0.2) is 5.17 Å². The third-order valence-corrected chi connectivity index (χ3v) is 3.59. The predicted octanol–water partition coefficient (Wildman–Crippen LogP) is 2.19. The number of hydrogen-bond donors (Lipinski definition) is 1. The summed E-state index contributed by atoms with van der Waals surface area (Å²) in [7, 11) is 0. The monoisotopic (exact) mass is 278 g/mol. The fraction of sp³-hybridized carbons (Fsp3) is 0.308. The van der Waals surface area contributed by atoms with E-state index in [0.29, 0.717) is 17.9 Å². The van der Waals surface area contributed by atoms with Gasteiger partial charge in [0.2, 0.25) is 5.91 Å². The number of amidine groups is 1. The SMILES string of the molecule is CCOC(=O)c1ccc(C)c(N2C(=N)SCC2=O)c1. The topological polar surface area (TPSA) is 70.5 Å². The zero-order valence-electron chi connectivity index (χ0n) is 10.7. The van der Waals surface area contributed by atoms with Crippen LogP contribution >= 0.6 is 11.8 Å². The predicted molar refractivity (Wildman–Crippen MR) is 74.8 cm³/mol. The lowest BCUT2D eigenvalue weighted by Crippen LogP contribution is -2.29. The molecule has 0 bridgehead atoms. The number of aryl methyl sites for hydroxylation is 1. The number of rotatable bonds is 3. The highest BCUT2D eigenvalue weighted by Crippen LogP contribution is 2.29. The van der Waals surface area contributed by atoms with Crippen LogP contribution in [0.25, 0.3) is 0 Å². The molecule has 0 spiro atoms. The summed E-state index contributed by atoms with van der Waals surface area (Å²) >= 11 is 1.19. The lowest BCUT2D eigenvalue weighted by atomic mass is 10.1. The van der Waals surface area contributed by atoms with E-state index in [9.17, 15) is 9.59 Å².